The topological polar surface area (TPSA) is 12.9 Å². The molecular formula is C11H9Cl2N. The van der Waals surface area contributed by atoms with Gasteiger partial charge >= 0.3 is 0 Å². The number of halogens is 2. The van der Waals surface area contributed by atoms with Crippen molar-refractivity contribution in [3.05, 3.63) is 39.6 Å². The molecule has 0 saturated carbocycles. The summed E-state index contributed by atoms with van der Waals surface area (Å²) in [6, 6.07) is 5.79. The van der Waals surface area contributed by atoms with E-state index in [0.29, 0.717) is 5.15 Å². The monoisotopic (exact) mass is 225 g/mol. The molecule has 0 spiro atoms. The maximum atomic E-state index is 6.09. The number of pyridine rings is 1. The summed E-state index contributed by atoms with van der Waals surface area (Å²) < 4.78 is 0. The van der Waals surface area contributed by atoms with E-state index in [2.05, 4.69) is 4.98 Å². The van der Waals surface area contributed by atoms with Crippen LogP contribution in [0.1, 0.15) is 11.3 Å². The molecule has 0 amide bonds. The second-order valence-corrected chi connectivity index (χ2v) is 4.11. The molecule has 0 radical (unpaired) electrons. The van der Waals surface area contributed by atoms with Crippen LogP contribution >= 0.6 is 23.2 Å². The zero-order valence-corrected chi connectivity index (χ0v) is 9.45. The fourth-order valence-electron chi connectivity index (χ4n) is 1.57. The normalized spacial score (nSPS) is 10.9. The molecule has 0 aliphatic rings. The van der Waals surface area contributed by atoms with Gasteiger partial charge in [-0.3, -0.25) is 0 Å². The van der Waals surface area contributed by atoms with Crippen molar-refractivity contribution in [1.82, 2.24) is 4.98 Å². The van der Waals surface area contributed by atoms with Gasteiger partial charge in [0, 0.05) is 21.5 Å². The van der Waals surface area contributed by atoms with Crippen molar-refractivity contribution in [3.63, 3.8) is 0 Å². The summed E-state index contributed by atoms with van der Waals surface area (Å²) in [6.45, 7) is 3.91. The van der Waals surface area contributed by atoms with Crippen LogP contribution in [0, 0.1) is 13.8 Å². The largest absolute Gasteiger partial charge is 0.241 e. The fourth-order valence-corrected chi connectivity index (χ4v) is 2.17. The summed E-state index contributed by atoms with van der Waals surface area (Å²) >= 11 is 12.2. The number of aromatic nitrogens is 1. The Kier molecular flexibility index (Phi) is 2.38. The van der Waals surface area contributed by atoms with Crippen molar-refractivity contribution in [3.8, 4) is 0 Å². The molecule has 0 atom stereocenters. The maximum absolute atomic E-state index is 6.09. The lowest BCUT2D eigenvalue weighted by molar-refractivity contribution is 1.22. The second-order valence-electron chi connectivity index (χ2n) is 3.34. The van der Waals surface area contributed by atoms with Crippen LogP contribution in [0.4, 0.5) is 0 Å². The summed E-state index contributed by atoms with van der Waals surface area (Å²) in [6.07, 6.45) is 0. The van der Waals surface area contributed by atoms with Gasteiger partial charge in [0.15, 0.2) is 0 Å². The number of nitrogens with zero attached hydrogens (tertiary/aromatic N) is 1. The van der Waals surface area contributed by atoms with E-state index in [9.17, 15) is 0 Å². The van der Waals surface area contributed by atoms with Crippen LogP contribution in [0.25, 0.3) is 10.8 Å². The Bertz CT molecular complexity index is 506. The predicted molar refractivity (Wildman–Crippen MR) is 61.2 cm³/mol. The van der Waals surface area contributed by atoms with Gasteiger partial charge in [0.2, 0.25) is 0 Å². The molecule has 2 rings (SSSR count). The third-order valence-electron chi connectivity index (χ3n) is 2.23. The molecule has 1 heterocycles. The fraction of sp³-hybridized carbons (Fsp3) is 0.182. The van der Waals surface area contributed by atoms with E-state index >= 15 is 0 Å². The lowest BCUT2D eigenvalue weighted by Gasteiger charge is -2.06. The smallest absolute Gasteiger partial charge is 0.137 e. The van der Waals surface area contributed by atoms with Crippen molar-refractivity contribution in [2.45, 2.75) is 13.8 Å². The first-order chi connectivity index (χ1) is 6.59. The Labute approximate surface area is 92.7 Å². The molecule has 0 bridgehead atoms. The van der Waals surface area contributed by atoms with Crippen molar-refractivity contribution < 1.29 is 0 Å². The number of aryl methyl sites for hydroxylation is 2. The molecular weight excluding hydrogens is 217 g/mol. The van der Waals surface area contributed by atoms with Gasteiger partial charge < -0.3 is 0 Å². The highest BCUT2D eigenvalue weighted by molar-refractivity contribution is 6.39. The molecule has 72 valence electrons. The predicted octanol–water partition coefficient (Wildman–Crippen LogP) is 4.16. The van der Waals surface area contributed by atoms with Gasteiger partial charge in [0.25, 0.3) is 0 Å². The summed E-state index contributed by atoms with van der Waals surface area (Å²) in [7, 11) is 0. The highest BCUT2D eigenvalue weighted by Crippen LogP contribution is 2.31. The number of benzene rings is 1. The quantitative estimate of drug-likeness (QED) is 0.614. The Balaban J connectivity index is 3.00. The van der Waals surface area contributed by atoms with E-state index < -0.39 is 0 Å². The Morgan fingerprint density at radius 3 is 2.57 bits per heavy atom. The molecule has 0 aliphatic heterocycles. The van der Waals surface area contributed by atoms with Gasteiger partial charge in [0.1, 0.15) is 5.15 Å². The van der Waals surface area contributed by atoms with Crippen LogP contribution in [0.3, 0.4) is 0 Å². The molecule has 3 heteroatoms. The average Bonchev–Trinajstić information content (AvgIpc) is 2.10. The standard InChI is InChI=1S/C11H9Cl2N/c1-6-3-4-9(12)8-5-7(2)14-11(13)10(6)8/h3-5H,1-2H3. The highest BCUT2D eigenvalue weighted by atomic mass is 35.5. The number of rotatable bonds is 0. The van der Waals surface area contributed by atoms with Crippen LogP contribution in [-0.4, -0.2) is 4.98 Å². The molecule has 1 nitrogen and oxygen atoms in total. The first-order valence-corrected chi connectivity index (χ1v) is 5.07. The number of fused-ring (bicyclic) bond motifs is 1. The number of hydrogen-bond acceptors (Lipinski definition) is 1. The zero-order valence-electron chi connectivity index (χ0n) is 7.94. The van der Waals surface area contributed by atoms with Crippen LogP contribution in [-0.2, 0) is 0 Å². The van der Waals surface area contributed by atoms with Crippen LogP contribution in [0.2, 0.25) is 10.2 Å². The third-order valence-corrected chi connectivity index (χ3v) is 2.84. The highest BCUT2D eigenvalue weighted by Gasteiger charge is 2.07. The molecule has 0 fully saturated rings. The minimum atomic E-state index is 0.528. The first kappa shape index (κ1) is 9.75. The Morgan fingerprint density at radius 2 is 1.86 bits per heavy atom. The SMILES string of the molecule is Cc1cc2c(Cl)ccc(C)c2c(Cl)n1. The maximum Gasteiger partial charge on any atom is 0.137 e. The molecule has 2 aromatic rings. The molecule has 0 saturated heterocycles. The first-order valence-electron chi connectivity index (χ1n) is 4.31. The Morgan fingerprint density at radius 1 is 1.14 bits per heavy atom. The minimum Gasteiger partial charge on any atom is -0.241 e. The zero-order chi connectivity index (χ0) is 10.3. The lowest BCUT2D eigenvalue weighted by atomic mass is 10.1. The van der Waals surface area contributed by atoms with E-state index in [-0.39, 0.29) is 0 Å². The van der Waals surface area contributed by atoms with E-state index in [0.717, 1.165) is 27.1 Å². The van der Waals surface area contributed by atoms with Gasteiger partial charge in [-0.1, -0.05) is 29.3 Å². The van der Waals surface area contributed by atoms with Crippen LogP contribution in [0.15, 0.2) is 18.2 Å². The molecule has 0 N–H and O–H groups in total. The van der Waals surface area contributed by atoms with Crippen LogP contribution < -0.4 is 0 Å². The summed E-state index contributed by atoms with van der Waals surface area (Å²) in [5.41, 5.74) is 1.98. The molecule has 1 aromatic carbocycles. The average molecular weight is 226 g/mol. The molecule has 14 heavy (non-hydrogen) atoms. The van der Waals surface area contributed by atoms with Crippen molar-refractivity contribution in [2.75, 3.05) is 0 Å². The van der Waals surface area contributed by atoms with Gasteiger partial charge in [-0.15, -0.1) is 0 Å². The van der Waals surface area contributed by atoms with E-state index in [1.54, 1.807) is 0 Å². The third kappa shape index (κ3) is 1.47. The van der Waals surface area contributed by atoms with E-state index in [4.69, 9.17) is 23.2 Å². The summed E-state index contributed by atoms with van der Waals surface area (Å²) in [5.74, 6) is 0. The molecule has 1 aromatic heterocycles. The van der Waals surface area contributed by atoms with Crippen LogP contribution in [0.5, 0.6) is 0 Å². The summed E-state index contributed by atoms with van der Waals surface area (Å²) in [4.78, 5) is 4.21. The lowest BCUT2D eigenvalue weighted by Crippen LogP contribution is -1.87. The van der Waals surface area contributed by atoms with Gasteiger partial charge in [-0.05, 0) is 31.5 Å². The van der Waals surface area contributed by atoms with E-state index in [1.165, 1.54) is 0 Å². The summed E-state index contributed by atoms with van der Waals surface area (Å²) in [5, 5.41) is 3.17. The minimum absolute atomic E-state index is 0.528. The molecule has 0 aliphatic carbocycles. The second kappa shape index (κ2) is 3.41. The van der Waals surface area contributed by atoms with Gasteiger partial charge in [-0.25, -0.2) is 4.98 Å². The molecule has 0 unspecified atom stereocenters. The Hall–Kier alpha value is -0.790. The number of hydrogen-bond donors (Lipinski definition) is 0. The van der Waals surface area contributed by atoms with Gasteiger partial charge in [0.05, 0.1) is 0 Å². The van der Waals surface area contributed by atoms with Crippen molar-refractivity contribution >= 4 is 34.0 Å². The van der Waals surface area contributed by atoms with Crippen molar-refractivity contribution in [2.24, 2.45) is 0 Å². The van der Waals surface area contributed by atoms with Gasteiger partial charge in [-0.2, -0.15) is 0 Å². The van der Waals surface area contributed by atoms with E-state index in [1.807, 2.05) is 32.0 Å². The van der Waals surface area contributed by atoms with Crippen molar-refractivity contribution in [1.29, 1.82) is 0 Å².